The molecule has 33 heavy (non-hydrogen) atoms. The summed E-state index contributed by atoms with van der Waals surface area (Å²) in [5, 5.41) is 13.1. The first-order valence-electron chi connectivity index (χ1n) is 9.67. The van der Waals surface area contributed by atoms with E-state index in [1.165, 1.54) is 54.7 Å². The van der Waals surface area contributed by atoms with Gasteiger partial charge < -0.3 is 5.11 Å². The van der Waals surface area contributed by atoms with Crippen molar-refractivity contribution in [2.45, 2.75) is 11.8 Å². The summed E-state index contributed by atoms with van der Waals surface area (Å²) in [4.78, 5) is 23.5. The van der Waals surface area contributed by atoms with Gasteiger partial charge in [0.05, 0.1) is 22.4 Å². The number of aryl methyl sites for hydroxylation is 1. The van der Waals surface area contributed by atoms with E-state index in [0.717, 1.165) is 9.87 Å². The van der Waals surface area contributed by atoms with Crippen molar-refractivity contribution >= 4 is 45.4 Å². The Labute approximate surface area is 196 Å². The zero-order chi connectivity index (χ0) is 24.0. The molecule has 170 valence electrons. The van der Waals surface area contributed by atoms with Gasteiger partial charge in [-0.3, -0.25) is 9.10 Å². The fourth-order valence-corrected chi connectivity index (χ4v) is 4.44. The molecule has 0 unspecified atom stereocenters. The number of rotatable bonds is 8. The Morgan fingerprint density at radius 2 is 1.73 bits per heavy atom. The van der Waals surface area contributed by atoms with Gasteiger partial charge in [0.1, 0.15) is 6.54 Å². The van der Waals surface area contributed by atoms with Gasteiger partial charge in [-0.25, -0.2) is 18.6 Å². The summed E-state index contributed by atoms with van der Waals surface area (Å²) in [6.07, 6.45) is 1.32. The number of hydrogen-bond donors (Lipinski definition) is 2. The second kappa shape index (κ2) is 10.3. The SMILES string of the molecule is Cc1ccc(S(=O)(=O)N(CC(=O)N/N=C\c2ccc(C(=O)O)cc2)c2cccc(Cl)c2)cc1. The fraction of sp³-hybridized carbons (Fsp3) is 0.0870. The van der Waals surface area contributed by atoms with Gasteiger partial charge in [-0.15, -0.1) is 0 Å². The van der Waals surface area contributed by atoms with Crippen LogP contribution in [0.25, 0.3) is 0 Å². The van der Waals surface area contributed by atoms with Crippen LogP contribution in [0.2, 0.25) is 5.02 Å². The minimum Gasteiger partial charge on any atom is -0.478 e. The van der Waals surface area contributed by atoms with Crippen molar-refractivity contribution < 1.29 is 23.1 Å². The Hall–Kier alpha value is -3.69. The number of carbonyl (C=O) groups excluding carboxylic acids is 1. The molecule has 0 fully saturated rings. The lowest BCUT2D eigenvalue weighted by Crippen LogP contribution is -2.39. The van der Waals surface area contributed by atoms with Crippen LogP contribution >= 0.6 is 11.6 Å². The van der Waals surface area contributed by atoms with Crippen LogP contribution in [0.5, 0.6) is 0 Å². The lowest BCUT2D eigenvalue weighted by atomic mass is 10.1. The molecule has 8 nitrogen and oxygen atoms in total. The number of nitrogens with one attached hydrogen (secondary N) is 1. The predicted molar refractivity (Wildman–Crippen MR) is 126 cm³/mol. The maximum atomic E-state index is 13.3. The lowest BCUT2D eigenvalue weighted by molar-refractivity contribution is -0.119. The van der Waals surface area contributed by atoms with Crippen molar-refractivity contribution in [2.75, 3.05) is 10.8 Å². The lowest BCUT2D eigenvalue weighted by Gasteiger charge is -2.24. The fourth-order valence-electron chi connectivity index (χ4n) is 2.84. The number of hydrazone groups is 1. The number of sulfonamides is 1. The summed E-state index contributed by atoms with van der Waals surface area (Å²) in [6, 6.07) is 18.3. The molecule has 0 aliphatic heterocycles. The number of nitrogens with zero attached hydrogens (tertiary/aromatic N) is 2. The third kappa shape index (κ3) is 6.18. The molecular weight excluding hydrogens is 466 g/mol. The van der Waals surface area contributed by atoms with Crippen molar-refractivity contribution in [2.24, 2.45) is 5.10 Å². The van der Waals surface area contributed by atoms with E-state index >= 15 is 0 Å². The maximum Gasteiger partial charge on any atom is 0.335 e. The van der Waals surface area contributed by atoms with Gasteiger partial charge in [-0.05, 0) is 55.0 Å². The average molecular weight is 486 g/mol. The zero-order valence-electron chi connectivity index (χ0n) is 17.5. The second-order valence-corrected chi connectivity index (χ2v) is 9.32. The summed E-state index contributed by atoms with van der Waals surface area (Å²) in [5.41, 5.74) is 4.09. The Morgan fingerprint density at radius 3 is 2.33 bits per heavy atom. The molecule has 0 aliphatic rings. The molecular formula is C23H20ClN3O5S. The Bertz CT molecular complexity index is 1290. The summed E-state index contributed by atoms with van der Waals surface area (Å²) in [7, 11) is -4.07. The molecule has 1 amide bonds. The Balaban J connectivity index is 1.80. The highest BCUT2D eigenvalue weighted by Crippen LogP contribution is 2.26. The average Bonchev–Trinajstić information content (AvgIpc) is 2.78. The molecule has 0 aromatic heterocycles. The van der Waals surface area contributed by atoms with Crippen LogP contribution in [-0.4, -0.2) is 38.2 Å². The summed E-state index contributed by atoms with van der Waals surface area (Å²) in [6.45, 7) is 1.30. The number of halogens is 1. The third-order valence-corrected chi connectivity index (χ3v) is 6.58. The number of carboxylic acid groups (broad SMARTS) is 1. The Kier molecular flexibility index (Phi) is 7.47. The van der Waals surface area contributed by atoms with Crippen LogP contribution < -0.4 is 9.73 Å². The zero-order valence-corrected chi connectivity index (χ0v) is 19.0. The molecule has 3 aromatic carbocycles. The number of carboxylic acids is 1. The largest absolute Gasteiger partial charge is 0.478 e. The van der Waals surface area contributed by atoms with E-state index in [0.29, 0.717) is 10.6 Å². The predicted octanol–water partition coefficient (Wildman–Crippen LogP) is 3.69. The van der Waals surface area contributed by atoms with Gasteiger partial charge in [-0.1, -0.05) is 47.5 Å². The standard InChI is InChI=1S/C23H20ClN3O5S/c1-16-5-11-21(12-6-16)33(31,32)27(20-4-2-3-19(24)13-20)15-22(28)26-25-14-17-7-9-18(10-8-17)23(29)30/h2-14H,15H2,1H3,(H,26,28)(H,29,30)/b25-14-. The van der Waals surface area contributed by atoms with Crippen molar-refractivity contribution in [3.05, 3.63) is 94.5 Å². The van der Waals surface area contributed by atoms with Gasteiger partial charge in [0.25, 0.3) is 15.9 Å². The van der Waals surface area contributed by atoms with E-state index in [4.69, 9.17) is 16.7 Å². The quantitative estimate of drug-likeness (QED) is 0.373. The molecule has 2 N–H and O–H groups in total. The highest BCUT2D eigenvalue weighted by atomic mass is 35.5. The van der Waals surface area contributed by atoms with E-state index in [1.54, 1.807) is 24.3 Å². The molecule has 3 rings (SSSR count). The summed E-state index contributed by atoms with van der Waals surface area (Å²) >= 11 is 6.04. The second-order valence-electron chi connectivity index (χ2n) is 7.02. The molecule has 0 saturated carbocycles. The summed E-state index contributed by atoms with van der Waals surface area (Å²) < 4.78 is 27.5. The van der Waals surface area contributed by atoms with Gasteiger partial charge >= 0.3 is 5.97 Å². The summed E-state index contributed by atoms with van der Waals surface area (Å²) in [5.74, 6) is -1.73. The topological polar surface area (TPSA) is 116 Å². The minimum atomic E-state index is -4.07. The first-order valence-corrected chi connectivity index (χ1v) is 11.5. The monoisotopic (exact) mass is 485 g/mol. The Morgan fingerprint density at radius 1 is 1.06 bits per heavy atom. The van der Waals surface area contributed by atoms with E-state index < -0.39 is 28.4 Å². The number of benzene rings is 3. The first-order chi connectivity index (χ1) is 15.7. The minimum absolute atomic E-state index is 0.0305. The number of aromatic carboxylic acids is 1. The molecule has 3 aromatic rings. The molecule has 0 spiro atoms. The van der Waals surface area contributed by atoms with Crippen molar-refractivity contribution in [3.8, 4) is 0 Å². The van der Waals surface area contributed by atoms with Crippen molar-refractivity contribution in [1.29, 1.82) is 0 Å². The highest BCUT2D eigenvalue weighted by molar-refractivity contribution is 7.92. The molecule has 0 aliphatic carbocycles. The highest BCUT2D eigenvalue weighted by Gasteiger charge is 2.27. The van der Waals surface area contributed by atoms with Crippen LogP contribution in [0.4, 0.5) is 5.69 Å². The van der Waals surface area contributed by atoms with E-state index in [-0.39, 0.29) is 16.1 Å². The molecule has 0 atom stereocenters. The van der Waals surface area contributed by atoms with Crippen LogP contribution in [-0.2, 0) is 14.8 Å². The number of anilines is 1. The molecule has 0 radical (unpaired) electrons. The van der Waals surface area contributed by atoms with Crippen molar-refractivity contribution in [3.63, 3.8) is 0 Å². The molecule has 0 heterocycles. The van der Waals surface area contributed by atoms with Crippen LogP contribution in [0, 0.1) is 6.92 Å². The van der Waals surface area contributed by atoms with Crippen LogP contribution in [0.1, 0.15) is 21.5 Å². The number of amides is 1. The molecule has 10 heteroatoms. The molecule has 0 saturated heterocycles. The van der Waals surface area contributed by atoms with Crippen molar-refractivity contribution in [1.82, 2.24) is 5.43 Å². The van der Waals surface area contributed by atoms with Gasteiger partial charge in [-0.2, -0.15) is 5.10 Å². The third-order valence-electron chi connectivity index (χ3n) is 4.55. The maximum absolute atomic E-state index is 13.3. The van der Waals surface area contributed by atoms with E-state index in [1.807, 2.05) is 6.92 Å². The smallest absolute Gasteiger partial charge is 0.335 e. The van der Waals surface area contributed by atoms with Gasteiger partial charge in [0, 0.05) is 5.02 Å². The molecule has 0 bridgehead atoms. The van der Waals surface area contributed by atoms with Gasteiger partial charge in [0.15, 0.2) is 0 Å². The number of carbonyl (C=O) groups is 2. The van der Waals surface area contributed by atoms with Crippen LogP contribution in [0.15, 0.2) is 82.8 Å². The number of hydrogen-bond acceptors (Lipinski definition) is 5. The first kappa shape index (κ1) is 24.0. The van der Waals surface area contributed by atoms with E-state index in [9.17, 15) is 18.0 Å². The van der Waals surface area contributed by atoms with Gasteiger partial charge in [0.2, 0.25) is 0 Å². The van der Waals surface area contributed by atoms with E-state index in [2.05, 4.69) is 10.5 Å². The van der Waals surface area contributed by atoms with Crippen LogP contribution in [0.3, 0.4) is 0 Å². The normalized spacial score (nSPS) is 11.3.